The minimum absolute atomic E-state index is 0.534. The molecule has 2 heterocycles. The van der Waals surface area contributed by atoms with Gasteiger partial charge in [0.05, 0.1) is 51.4 Å². The van der Waals surface area contributed by atoms with Crippen LogP contribution < -0.4 is 0 Å². The van der Waals surface area contributed by atoms with E-state index in [0.29, 0.717) is 17.0 Å². The second-order valence-corrected chi connectivity index (χ2v) is 13.8. The van der Waals surface area contributed by atoms with Crippen LogP contribution in [0.1, 0.15) is 22.3 Å². The van der Waals surface area contributed by atoms with Gasteiger partial charge >= 0.3 is 0 Å². The lowest BCUT2D eigenvalue weighted by atomic mass is 9.89. The van der Waals surface area contributed by atoms with Crippen molar-refractivity contribution in [2.24, 2.45) is 0 Å². The zero-order valence-corrected chi connectivity index (χ0v) is 30.3. The van der Waals surface area contributed by atoms with Crippen LogP contribution in [0.3, 0.4) is 0 Å². The normalized spacial score (nSPS) is 11.1. The standard InChI is InChI=1S/C50H33N5/c1-32-21-23-47-41(25-32)42-26-33(2)22-24-48(42)55(47)49-43(39-19-11-9-17-36(39)30-51)27-38(28-44(49)40-20-12-10-18-37(40)31-52)50-53-45(34-13-5-3-6-14-34)29-46(54-50)35-15-7-4-8-16-35/h3-29H,1-2H3. The molecule has 0 atom stereocenters. The van der Waals surface area contributed by atoms with Crippen molar-refractivity contribution in [2.45, 2.75) is 13.8 Å². The van der Waals surface area contributed by atoms with Crippen molar-refractivity contribution in [1.29, 1.82) is 10.5 Å². The number of rotatable bonds is 6. The maximum atomic E-state index is 10.6. The van der Waals surface area contributed by atoms with Gasteiger partial charge in [-0.2, -0.15) is 10.5 Å². The number of aryl methyl sites for hydroxylation is 2. The van der Waals surface area contributed by atoms with Crippen molar-refractivity contribution in [3.05, 3.63) is 186 Å². The smallest absolute Gasteiger partial charge is 0.160 e. The van der Waals surface area contributed by atoms with Gasteiger partial charge in [-0.15, -0.1) is 0 Å². The quantitative estimate of drug-likeness (QED) is 0.173. The third-order valence-corrected chi connectivity index (χ3v) is 10.2. The molecule has 0 amide bonds. The molecule has 0 spiro atoms. The van der Waals surface area contributed by atoms with Crippen LogP contribution >= 0.6 is 0 Å². The maximum absolute atomic E-state index is 10.6. The summed E-state index contributed by atoms with van der Waals surface area (Å²) in [5, 5.41) is 23.4. The first kappa shape index (κ1) is 33.3. The summed E-state index contributed by atoms with van der Waals surface area (Å²) in [5.41, 5.74) is 13.8. The van der Waals surface area contributed by atoms with Crippen LogP contribution in [0.5, 0.6) is 0 Å². The van der Waals surface area contributed by atoms with E-state index in [1.165, 1.54) is 0 Å². The van der Waals surface area contributed by atoms with Gasteiger partial charge in [-0.1, -0.05) is 120 Å². The predicted octanol–water partition coefficient (Wildman–Crippen LogP) is 12.3. The zero-order chi connectivity index (χ0) is 37.5. The minimum atomic E-state index is 0.534. The van der Waals surface area contributed by atoms with Crippen LogP contribution in [0.2, 0.25) is 0 Å². The van der Waals surface area contributed by atoms with E-state index in [4.69, 9.17) is 9.97 Å². The maximum Gasteiger partial charge on any atom is 0.160 e. The fourth-order valence-corrected chi connectivity index (χ4v) is 7.63. The second-order valence-electron chi connectivity index (χ2n) is 13.8. The summed E-state index contributed by atoms with van der Waals surface area (Å²) in [5.74, 6) is 0.534. The van der Waals surface area contributed by atoms with E-state index < -0.39 is 0 Å². The third kappa shape index (κ3) is 5.91. The molecule has 0 N–H and O–H groups in total. The van der Waals surface area contributed by atoms with Crippen LogP contribution in [0, 0.1) is 36.5 Å². The minimum Gasteiger partial charge on any atom is -0.308 e. The van der Waals surface area contributed by atoms with Crippen molar-refractivity contribution in [2.75, 3.05) is 0 Å². The van der Waals surface area contributed by atoms with Gasteiger partial charge in [0.1, 0.15) is 0 Å². The highest BCUT2D eigenvalue weighted by atomic mass is 15.0. The lowest BCUT2D eigenvalue weighted by molar-refractivity contribution is 1.16. The molecule has 0 aliphatic carbocycles. The monoisotopic (exact) mass is 703 g/mol. The second kappa shape index (κ2) is 13.7. The molecule has 0 fully saturated rings. The van der Waals surface area contributed by atoms with Crippen LogP contribution in [-0.4, -0.2) is 14.5 Å². The number of hydrogen-bond donors (Lipinski definition) is 0. The molecule has 7 aromatic carbocycles. The molecule has 2 aromatic heterocycles. The Kier molecular flexibility index (Phi) is 8.31. The van der Waals surface area contributed by atoms with Crippen molar-refractivity contribution < 1.29 is 0 Å². The molecule has 0 bridgehead atoms. The topological polar surface area (TPSA) is 78.3 Å². The highest BCUT2D eigenvalue weighted by Gasteiger charge is 2.25. The largest absolute Gasteiger partial charge is 0.308 e. The van der Waals surface area contributed by atoms with Gasteiger partial charge in [-0.05, 0) is 68.4 Å². The molecule has 0 saturated carbocycles. The van der Waals surface area contributed by atoms with E-state index in [9.17, 15) is 10.5 Å². The van der Waals surface area contributed by atoms with Gasteiger partial charge in [-0.3, -0.25) is 0 Å². The van der Waals surface area contributed by atoms with Crippen molar-refractivity contribution >= 4 is 21.8 Å². The summed E-state index contributed by atoms with van der Waals surface area (Å²) in [4.78, 5) is 10.4. The van der Waals surface area contributed by atoms with Gasteiger partial charge in [0.25, 0.3) is 0 Å². The molecule has 9 rings (SSSR count). The first-order valence-corrected chi connectivity index (χ1v) is 18.2. The number of nitrogens with zero attached hydrogens (tertiary/aromatic N) is 5. The zero-order valence-electron chi connectivity index (χ0n) is 30.3. The van der Waals surface area contributed by atoms with Crippen molar-refractivity contribution in [1.82, 2.24) is 14.5 Å². The lowest BCUT2D eigenvalue weighted by Crippen LogP contribution is -2.04. The number of hydrogen-bond acceptors (Lipinski definition) is 4. The summed E-state index contributed by atoms with van der Waals surface area (Å²) in [6, 6.07) is 60.0. The summed E-state index contributed by atoms with van der Waals surface area (Å²) in [6.07, 6.45) is 0. The summed E-state index contributed by atoms with van der Waals surface area (Å²) < 4.78 is 2.30. The van der Waals surface area contributed by atoms with Gasteiger partial charge in [0.2, 0.25) is 0 Å². The Hall–Kier alpha value is -7.60. The van der Waals surface area contributed by atoms with Crippen LogP contribution in [0.4, 0.5) is 0 Å². The number of nitriles is 2. The molecule has 0 radical (unpaired) electrons. The fraction of sp³-hybridized carbons (Fsp3) is 0.0400. The first-order valence-electron chi connectivity index (χ1n) is 18.2. The average Bonchev–Trinajstić information content (AvgIpc) is 3.55. The van der Waals surface area contributed by atoms with Crippen molar-refractivity contribution in [3.8, 4) is 74.0 Å². The van der Waals surface area contributed by atoms with Crippen LogP contribution in [0.15, 0.2) is 164 Å². The van der Waals surface area contributed by atoms with E-state index in [-0.39, 0.29) is 0 Å². The number of aromatic nitrogens is 3. The SMILES string of the molecule is Cc1ccc2c(c1)c1cc(C)ccc1n2-c1c(-c2ccccc2C#N)cc(-c2nc(-c3ccccc3)cc(-c3ccccc3)n2)cc1-c1ccccc1C#N. The van der Waals surface area contributed by atoms with Crippen LogP contribution in [0.25, 0.3) is 83.6 Å². The Balaban J connectivity index is 1.46. The predicted molar refractivity (Wildman–Crippen MR) is 222 cm³/mol. The molecule has 5 heteroatoms. The molecule has 5 nitrogen and oxygen atoms in total. The Morgan fingerprint density at radius 1 is 0.436 bits per heavy atom. The lowest BCUT2D eigenvalue weighted by Gasteiger charge is -2.22. The van der Waals surface area contributed by atoms with E-state index in [1.807, 2.05) is 91.0 Å². The van der Waals surface area contributed by atoms with Gasteiger partial charge in [0, 0.05) is 49.7 Å². The van der Waals surface area contributed by atoms with Gasteiger partial charge in [-0.25, -0.2) is 9.97 Å². The Morgan fingerprint density at radius 3 is 1.33 bits per heavy atom. The van der Waals surface area contributed by atoms with Crippen molar-refractivity contribution in [3.63, 3.8) is 0 Å². The molecule has 0 aliphatic heterocycles. The van der Waals surface area contributed by atoms with E-state index in [0.717, 1.165) is 89.0 Å². The van der Waals surface area contributed by atoms with E-state index in [2.05, 4.69) is 103 Å². The molecule has 258 valence electrons. The average molecular weight is 704 g/mol. The van der Waals surface area contributed by atoms with E-state index in [1.54, 1.807) is 0 Å². The Labute approximate surface area is 319 Å². The summed E-state index contributed by atoms with van der Waals surface area (Å²) in [6.45, 7) is 4.23. The fourth-order valence-electron chi connectivity index (χ4n) is 7.63. The van der Waals surface area contributed by atoms with E-state index >= 15 is 0 Å². The van der Waals surface area contributed by atoms with Gasteiger partial charge < -0.3 is 4.57 Å². The first-order chi connectivity index (χ1) is 27.0. The highest BCUT2D eigenvalue weighted by molar-refractivity contribution is 6.11. The van der Waals surface area contributed by atoms with Crippen LogP contribution in [-0.2, 0) is 0 Å². The third-order valence-electron chi connectivity index (χ3n) is 10.2. The summed E-state index contributed by atoms with van der Waals surface area (Å²) in [7, 11) is 0. The molecule has 0 unspecified atom stereocenters. The molecule has 9 aromatic rings. The van der Waals surface area contributed by atoms with Gasteiger partial charge in [0.15, 0.2) is 5.82 Å². The molecular weight excluding hydrogens is 671 g/mol. The Bertz CT molecular complexity index is 2820. The molecule has 55 heavy (non-hydrogen) atoms. The number of fused-ring (bicyclic) bond motifs is 3. The highest BCUT2D eigenvalue weighted by Crippen LogP contribution is 2.45. The summed E-state index contributed by atoms with van der Waals surface area (Å²) >= 11 is 0. The Morgan fingerprint density at radius 2 is 0.873 bits per heavy atom. The molecule has 0 saturated heterocycles. The number of benzene rings is 7. The molecule has 0 aliphatic rings. The molecular formula is C50H33N5.